The molecule has 1 saturated carbocycles. The van der Waals surface area contributed by atoms with Crippen molar-refractivity contribution in [2.75, 3.05) is 5.32 Å². The predicted octanol–water partition coefficient (Wildman–Crippen LogP) is 4.34. The molecule has 3 aromatic rings. The summed E-state index contributed by atoms with van der Waals surface area (Å²) in [5.74, 6) is 1.07. The van der Waals surface area contributed by atoms with Crippen molar-refractivity contribution < 1.29 is 9.59 Å². The lowest BCUT2D eigenvalue weighted by Gasteiger charge is -2.15. The van der Waals surface area contributed by atoms with Gasteiger partial charge in [-0.25, -0.2) is 4.68 Å². The van der Waals surface area contributed by atoms with Gasteiger partial charge in [-0.3, -0.25) is 9.59 Å². The maximum atomic E-state index is 12.6. The monoisotopic (exact) mass is 359 g/mol. The van der Waals surface area contributed by atoms with Gasteiger partial charge in [0.25, 0.3) is 5.91 Å². The second-order valence-electron chi connectivity index (χ2n) is 6.97. The zero-order chi connectivity index (χ0) is 18.8. The van der Waals surface area contributed by atoms with Crippen molar-refractivity contribution in [1.82, 2.24) is 9.78 Å². The number of hydrogen-bond donors (Lipinski definition) is 1. The molecule has 2 aromatic carbocycles. The summed E-state index contributed by atoms with van der Waals surface area (Å²) in [5, 5.41) is 7.28. The minimum Gasteiger partial charge on any atom is -0.307 e. The van der Waals surface area contributed by atoms with Crippen molar-refractivity contribution >= 4 is 17.5 Å². The minimum atomic E-state index is -0.210. The first kappa shape index (κ1) is 17.2. The molecule has 4 rings (SSSR count). The Bertz CT molecular complexity index is 957. The van der Waals surface area contributed by atoms with Crippen molar-refractivity contribution in [3.8, 4) is 0 Å². The number of hydrogen-bond acceptors (Lipinski definition) is 3. The Balaban J connectivity index is 1.47. The fourth-order valence-electron chi connectivity index (χ4n) is 3.23. The molecule has 1 amide bonds. The second-order valence-corrected chi connectivity index (χ2v) is 6.97. The molecule has 136 valence electrons. The Morgan fingerprint density at radius 1 is 0.963 bits per heavy atom. The first-order chi connectivity index (χ1) is 13.1. The minimum absolute atomic E-state index is 0.0566. The highest BCUT2D eigenvalue weighted by Gasteiger charge is 2.30. The zero-order valence-corrected chi connectivity index (χ0v) is 15.1. The Morgan fingerprint density at radius 3 is 2.26 bits per heavy atom. The summed E-state index contributed by atoms with van der Waals surface area (Å²) in [6.45, 7) is 2.13. The fraction of sp³-hybridized carbons (Fsp3) is 0.227. The van der Waals surface area contributed by atoms with E-state index in [1.54, 1.807) is 42.6 Å². The van der Waals surface area contributed by atoms with E-state index in [2.05, 4.69) is 17.3 Å². The molecule has 5 nitrogen and oxygen atoms in total. The van der Waals surface area contributed by atoms with E-state index < -0.39 is 0 Å². The Hall–Kier alpha value is -3.21. The zero-order valence-electron chi connectivity index (χ0n) is 15.1. The topological polar surface area (TPSA) is 64.0 Å². The van der Waals surface area contributed by atoms with Gasteiger partial charge in [-0.1, -0.05) is 42.5 Å². The molecule has 0 radical (unpaired) electrons. The van der Waals surface area contributed by atoms with Crippen LogP contribution in [-0.2, 0) is 0 Å². The number of nitrogens with one attached hydrogen (secondary N) is 1. The van der Waals surface area contributed by atoms with E-state index in [9.17, 15) is 9.59 Å². The van der Waals surface area contributed by atoms with Crippen LogP contribution >= 0.6 is 0 Å². The molecule has 1 fully saturated rings. The lowest BCUT2D eigenvalue weighted by Crippen LogP contribution is -2.18. The van der Waals surface area contributed by atoms with Crippen LogP contribution in [0.25, 0.3) is 0 Å². The quantitative estimate of drug-likeness (QED) is 0.666. The molecule has 0 saturated heterocycles. The van der Waals surface area contributed by atoms with E-state index >= 15 is 0 Å². The lowest BCUT2D eigenvalue weighted by molar-refractivity contribution is 0.101. The summed E-state index contributed by atoms with van der Waals surface area (Å²) in [5.41, 5.74) is 1.70. The van der Waals surface area contributed by atoms with Crippen molar-refractivity contribution in [3.05, 3.63) is 83.6 Å². The highest BCUT2D eigenvalue weighted by Crippen LogP contribution is 2.40. The maximum Gasteiger partial charge on any atom is 0.256 e. The van der Waals surface area contributed by atoms with Crippen LogP contribution in [0.3, 0.4) is 0 Å². The molecule has 5 heteroatoms. The maximum absolute atomic E-state index is 12.6. The molecule has 1 atom stereocenters. The number of anilines is 1. The van der Waals surface area contributed by atoms with E-state index in [0.29, 0.717) is 28.4 Å². The lowest BCUT2D eigenvalue weighted by atomic mass is 10.0. The van der Waals surface area contributed by atoms with Crippen LogP contribution in [0.15, 0.2) is 66.9 Å². The first-order valence-electron chi connectivity index (χ1n) is 9.18. The third kappa shape index (κ3) is 3.67. The standard InChI is InChI=1S/C22H21N3O2/c1-15(16-7-8-16)25-20(13-14-23-25)24-22(27)19-11-9-18(10-12-19)21(26)17-5-3-2-4-6-17/h2-6,9-16H,7-8H2,1H3,(H,24,27)/t15-/m0/s1. The second kappa shape index (κ2) is 7.19. The largest absolute Gasteiger partial charge is 0.307 e. The number of ketones is 1. The summed E-state index contributed by atoms with van der Waals surface area (Å²) in [4.78, 5) is 25.0. The number of rotatable bonds is 6. The van der Waals surface area contributed by atoms with Gasteiger partial charge in [-0.2, -0.15) is 5.10 Å². The first-order valence-corrected chi connectivity index (χ1v) is 9.18. The number of benzene rings is 2. The molecule has 27 heavy (non-hydrogen) atoms. The van der Waals surface area contributed by atoms with Gasteiger partial charge >= 0.3 is 0 Å². The highest BCUT2D eigenvalue weighted by molar-refractivity contribution is 6.10. The van der Waals surface area contributed by atoms with E-state index in [1.165, 1.54) is 12.8 Å². The third-order valence-electron chi connectivity index (χ3n) is 5.05. The van der Waals surface area contributed by atoms with Gasteiger partial charge in [0, 0.05) is 22.8 Å². The summed E-state index contributed by atoms with van der Waals surface area (Å²) in [7, 11) is 0. The Labute approximate surface area is 158 Å². The third-order valence-corrected chi connectivity index (χ3v) is 5.05. The van der Waals surface area contributed by atoms with Gasteiger partial charge in [0.15, 0.2) is 5.78 Å². The van der Waals surface area contributed by atoms with Gasteiger partial charge in [-0.05, 0) is 37.8 Å². The van der Waals surface area contributed by atoms with Crippen LogP contribution in [0, 0.1) is 5.92 Å². The van der Waals surface area contributed by atoms with Crippen molar-refractivity contribution in [1.29, 1.82) is 0 Å². The van der Waals surface area contributed by atoms with E-state index in [1.807, 2.05) is 28.9 Å². The Kier molecular flexibility index (Phi) is 4.59. The smallest absolute Gasteiger partial charge is 0.256 e. The van der Waals surface area contributed by atoms with Crippen LogP contribution in [-0.4, -0.2) is 21.5 Å². The van der Waals surface area contributed by atoms with Crippen LogP contribution in [0.1, 0.15) is 52.1 Å². The summed E-state index contributed by atoms with van der Waals surface area (Å²) < 4.78 is 1.88. The van der Waals surface area contributed by atoms with Crippen molar-refractivity contribution in [3.63, 3.8) is 0 Å². The van der Waals surface area contributed by atoms with Crippen LogP contribution in [0.2, 0.25) is 0 Å². The van der Waals surface area contributed by atoms with Crippen LogP contribution in [0.5, 0.6) is 0 Å². The number of aromatic nitrogens is 2. The van der Waals surface area contributed by atoms with Gasteiger partial charge in [0.2, 0.25) is 0 Å². The predicted molar refractivity (Wildman–Crippen MR) is 104 cm³/mol. The molecule has 0 spiro atoms. The number of carbonyl (C=O) groups is 2. The number of carbonyl (C=O) groups excluding carboxylic acids is 2. The Morgan fingerprint density at radius 2 is 1.59 bits per heavy atom. The SMILES string of the molecule is C[C@@H](C1CC1)n1nccc1NC(=O)c1ccc(C(=O)c2ccccc2)cc1. The molecular formula is C22H21N3O2. The van der Waals surface area contributed by atoms with Crippen LogP contribution < -0.4 is 5.32 Å². The average molecular weight is 359 g/mol. The van der Waals surface area contributed by atoms with E-state index in [4.69, 9.17) is 0 Å². The van der Waals surface area contributed by atoms with Crippen molar-refractivity contribution in [2.24, 2.45) is 5.92 Å². The normalized spacial score (nSPS) is 14.6. The summed E-state index contributed by atoms with van der Waals surface area (Å²) in [6.07, 6.45) is 4.13. The summed E-state index contributed by atoms with van der Waals surface area (Å²) >= 11 is 0. The number of nitrogens with zero attached hydrogens (tertiary/aromatic N) is 2. The number of amides is 1. The molecule has 0 aliphatic heterocycles. The van der Waals surface area contributed by atoms with Gasteiger partial charge < -0.3 is 5.32 Å². The molecule has 1 heterocycles. The molecule has 1 aromatic heterocycles. The fourth-order valence-corrected chi connectivity index (χ4v) is 3.23. The van der Waals surface area contributed by atoms with Gasteiger partial charge in [0.1, 0.15) is 5.82 Å². The van der Waals surface area contributed by atoms with Crippen molar-refractivity contribution in [2.45, 2.75) is 25.8 Å². The van der Waals surface area contributed by atoms with Gasteiger partial charge in [-0.15, -0.1) is 0 Å². The van der Waals surface area contributed by atoms with Crippen LogP contribution in [0.4, 0.5) is 5.82 Å². The molecule has 1 aliphatic carbocycles. The average Bonchev–Trinajstić information content (AvgIpc) is 3.47. The van der Waals surface area contributed by atoms with Gasteiger partial charge in [0.05, 0.1) is 12.2 Å². The highest BCUT2D eigenvalue weighted by atomic mass is 16.1. The molecule has 0 bridgehead atoms. The molecule has 0 unspecified atom stereocenters. The molecular weight excluding hydrogens is 338 g/mol. The molecule has 1 N–H and O–H groups in total. The van der Waals surface area contributed by atoms with E-state index in [0.717, 1.165) is 0 Å². The van der Waals surface area contributed by atoms with E-state index in [-0.39, 0.29) is 17.7 Å². The summed E-state index contributed by atoms with van der Waals surface area (Å²) in [6, 6.07) is 17.9. The molecule has 1 aliphatic rings.